The van der Waals surface area contributed by atoms with Gasteiger partial charge in [-0.25, -0.2) is 4.79 Å². The number of ether oxygens (including phenoxy) is 2. The van der Waals surface area contributed by atoms with Crippen molar-refractivity contribution in [2.45, 2.75) is 32.3 Å². The highest BCUT2D eigenvalue weighted by Crippen LogP contribution is 2.10. The van der Waals surface area contributed by atoms with E-state index in [9.17, 15) is 4.79 Å². The van der Waals surface area contributed by atoms with Gasteiger partial charge < -0.3 is 9.47 Å². The van der Waals surface area contributed by atoms with E-state index in [2.05, 4.69) is 6.92 Å². The van der Waals surface area contributed by atoms with E-state index in [1.165, 1.54) is 0 Å². The Kier molecular flexibility index (Phi) is 3.36. The lowest BCUT2D eigenvalue weighted by Crippen LogP contribution is -2.18. The number of carbonyl (C=O) groups is 1. The first-order chi connectivity index (χ1) is 5.34. The molecule has 0 spiro atoms. The van der Waals surface area contributed by atoms with Crippen molar-refractivity contribution in [2.75, 3.05) is 13.2 Å². The van der Waals surface area contributed by atoms with E-state index in [1.54, 1.807) is 0 Å². The topological polar surface area (TPSA) is 35.5 Å². The molecule has 1 aliphatic heterocycles. The Bertz CT molecular complexity index is 133. The van der Waals surface area contributed by atoms with Crippen LogP contribution in [0.4, 0.5) is 0 Å². The summed E-state index contributed by atoms with van der Waals surface area (Å²) in [5.41, 5.74) is 0. The monoisotopic (exact) mass is 158 g/mol. The van der Waals surface area contributed by atoms with E-state index >= 15 is 0 Å². The summed E-state index contributed by atoms with van der Waals surface area (Å²) < 4.78 is 10.0. The molecule has 0 amide bonds. The number of hydrogen-bond donors (Lipinski definition) is 0. The Morgan fingerprint density at radius 3 is 3.09 bits per heavy atom. The van der Waals surface area contributed by atoms with Crippen LogP contribution in [-0.2, 0) is 14.3 Å². The number of carbonyl (C=O) groups excluding carboxylic acids is 1. The Morgan fingerprint density at radius 2 is 2.55 bits per heavy atom. The fraction of sp³-hybridized carbons (Fsp3) is 0.875. The zero-order valence-corrected chi connectivity index (χ0v) is 6.84. The van der Waals surface area contributed by atoms with Gasteiger partial charge in [0.15, 0.2) is 6.10 Å². The molecule has 1 saturated heterocycles. The highest BCUT2D eigenvalue weighted by atomic mass is 16.6. The van der Waals surface area contributed by atoms with Crippen LogP contribution in [0.3, 0.4) is 0 Å². The molecule has 0 aromatic rings. The molecule has 3 heteroatoms. The second kappa shape index (κ2) is 4.34. The normalized spacial score (nSPS) is 23.7. The SMILES string of the molecule is CCCCOC1CCOC1=O. The van der Waals surface area contributed by atoms with E-state index in [4.69, 9.17) is 9.47 Å². The first-order valence-electron chi connectivity index (χ1n) is 4.13. The Balaban J connectivity index is 2.10. The molecular formula is C8H14O3. The minimum absolute atomic E-state index is 0.193. The standard InChI is InChI=1S/C8H14O3/c1-2-3-5-10-7-4-6-11-8(7)9/h7H,2-6H2,1H3. The van der Waals surface area contributed by atoms with Gasteiger partial charge in [0, 0.05) is 13.0 Å². The van der Waals surface area contributed by atoms with Crippen LogP contribution in [0.5, 0.6) is 0 Å². The molecule has 0 N–H and O–H groups in total. The summed E-state index contributed by atoms with van der Waals surface area (Å²) in [6, 6.07) is 0. The summed E-state index contributed by atoms with van der Waals surface area (Å²) in [6.07, 6.45) is 2.57. The van der Waals surface area contributed by atoms with Crippen LogP contribution >= 0.6 is 0 Å². The molecule has 0 aromatic carbocycles. The van der Waals surface area contributed by atoms with Gasteiger partial charge in [0.2, 0.25) is 0 Å². The van der Waals surface area contributed by atoms with E-state index in [0.717, 1.165) is 19.3 Å². The number of cyclic esters (lactones) is 1. The lowest BCUT2D eigenvalue weighted by molar-refractivity contribution is -0.147. The molecule has 11 heavy (non-hydrogen) atoms. The molecule has 0 aromatic heterocycles. The summed E-state index contributed by atoms with van der Waals surface area (Å²) in [5.74, 6) is -0.193. The first kappa shape index (κ1) is 8.53. The van der Waals surface area contributed by atoms with Crippen LogP contribution in [0, 0.1) is 0 Å². The maximum Gasteiger partial charge on any atom is 0.335 e. The fourth-order valence-corrected chi connectivity index (χ4v) is 0.999. The van der Waals surface area contributed by atoms with E-state index in [1.807, 2.05) is 0 Å². The van der Waals surface area contributed by atoms with E-state index < -0.39 is 0 Å². The van der Waals surface area contributed by atoms with Crippen molar-refractivity contribution < 1.29 is 14.3 Å². The summed E-state index contributed by atoms with van der Waals surface area (Å²) in [4.78, 5) is 10.8. The summed E-state index contributed by atoms with van der Waals surface area (Å²) >= 11 is 0. The number of hydrogen-bond acceptors (Lipinski definition) is 3. The Hall–Kier alpha value is -0.570. The minimum Gasteiger partial charge on any atom is -0.464 e. The lowest BCUT2D eigenvalue weighted by atomic mass is 10.3. The van der Waals surface area contributed by atoms with Crippen molar-refractivity contribution in [3.8, 4) is 0 Å². The van der Waals surface area contributed by atoms with Gasteiger partial charge in [-0.1, -0.05) is 13.3 Å². The predicted octanol–water partition coefficient (Wildman–Crippen LogP) is 1.12. The van der Waals surface area contributed by atoms with Crippen LogP contribution in [0.1, 0.15) is 26.2 Å². The third-order valence-electron chi connectivity index (χ3n) is 1.70. The van der Waals surface area contributed by atoms with Crippen LogP contribution in [0.2, 0.25) is 0 Å². The molecule has 3 nitrogen and oxygen atoms in total. The quantitative estimate of drug-likeness (QED) is 0.454. The molecule has 1 rings (SSSR count). The van der Waals surface area contributed by atoms with Gasteiger partial charge in [0.05, 0.1) is 6.61 Å². The second-order valence-electron chi connectivity index (χ2n) is 2.67. The zero-order valence-electron chi connectivity index (χ0n) is 6.84. The maximum absolute atomic E-state index is 10.8. The molecule has 1 aliphatic rings. The second-order valence-corrected chi connectivity index (χ2v) is 2.67. The van der Waals surface area contributed by atoms with Crippen LogP contribution in [0.15, 0.2) is 0 Å². The van der Waals surface area contributed by atoms with Crippen molar-refractivity contribution in [3.63, 3.8) is 0 Å². The first-order valence-corrected chi connectivity index (χ1v) is 4.13. The largest absolute Gasteiger partial charge is 0.464 e. The van der Waals surface area contributed by atoms with Gasteiger partial charge in [-0.2, -0.15) is 0 Å². The van der Waals surface area contributed by atoms with Gasteiger partial charge in [-0.15, -0.1) is 0 Å². The zero-order chi connectivity index (χ0) is 8.10. The van der Waals surface area contributed by atoms with Crippen molar-refractivity contribution >= 4 is 5.97 Å². The van der Waals surface area contributed by atoms with Crippen molar-refractivity contribution in [1.82, 2.24) is 0 Å². The highest BCUT2D eigenvalue weighted by Gasteiger charge is 2.26. The average molecular weight is 158 g/mol. The van der Waals surface area contributed by atoms with Crippen molar-refractivity contribution in [1.29, 1.82) is 0 Å². The Labute approximate surface area is 66.7 Å². The third-order valence-corrected chi connectivity index (χ3v) is 1.70. The van der Waals surface area contributed by atoms with E-state index in [-0.39, 0.29) is 12.1 Å². The van der Waals surface area contributed by atoms with Gasteiger partial charge in [-0.3, -0.25) is 0 Å². The van der Waals surface area contributed by atoms with Crippen molar-refractivity contribution in [3.05, 3.63) is 0 Å². The Morgan fingerprint density at radius 1 is 1.73 bits per heavy atom. The number of rotatable bonds is 4. The van der Waals surface area contributed by atoms with Gasteiger partial charge >= 0.3 is 5.97 Å². The van der Waals surface area contributed by atoms with Gasteiger partial charge in [-0.05, 0) is 6.42 Å². The van der Waals surface area contributed by atoms with Crippen molar-refractivity contribution in [2.24, 2.45) is 0 Å². The number of unbranched alkanes of at least 4 members (excludes halogenated alkanes) is 1. The van der Waals surface area contributed by atoms with Gasteiger partial charge in [0.1, 0.15) is 0 Å². The highest BCUT2D eigenvalue weighted by molar-refractivity contribution is 5.76. The molecule has 0 radical (unpaired) electrons. The molecule has 0 bridgehead atoms. The molecule has 1 heterocycles. The van der Waals surface area contributed by atoms with Gasteiger partial charge in [0.25, 0.3) is 0 Å². The average Bonchev–Trinajstić information content (AvgIpc) is 2.37. The molecule has 1 unspecified atom stereocenters. The minimum atomic E-state index is -0.276. The maximum atomic E-state index is 10.8. The summed E-state index contributed by atoms with van der Waals surface area (Å²) in [7, 11) is 0. The number of esters is 1. The molecule has 64 valence electrons. The fourth-order valence-electron chi connectivity index (χ4n) is 0.999. The van der Waals surface area contributed by atoms with E-state index in [0.29, 0.717) is 13.2 Å². The molecular weight excluding hydrogens is 144 g/mol. The smallest absolute Gasteiger partial charge is 0.335 e. The molecule has 1 fully saturated rings. The lowest BCUT2D eigenvalue weighted by Gasteiger charge is -2.05. The van der Waals surface area contributed by atoms with Crippen LogP contribution in [0.25, 0.3) is 0 Å². The molecule has 1 atom stereocenters. The molecule has 0 aliphatic carbocycles. The van der Waals surface area contributed by atoms with Crippen LogP contribution in [-0.4, -0.2) is 25.3 Å². The summed E-state index contributed by atoms with van der Waals surface area (Å²) in [6.45, 7) is 3.29. The van der Waals surface area contributed by atoms with Crippen LogP contribution < -0.4 is 0 Å². The third kappa shape index (κ3) is 2.50. The predicted molar refractivity (Wildman–Crippen MR) is 40.2 cm³/mol. The summed E-state index contributed by atoms with van der Waals surface area (Å²) in [5, 5.41) is 0. The molecule has 0 saturated carbocycles.